The fourth-order valence-electron chi connectivity index (χ4n) is 1.83. The third-order valence-corrected chi connectivity index (χ3v) is 2.77. The molecule has 1 rings (SSSR count). The lowest BCUT2D eigenvalue weighted by Gasteiger charge is -2.22. The summed E-state index contributed by atoms with van der Waals surface area (Å²) in [6.45, 7) is 9.55. The number of aromatic nitrogens is 3. The average Bonchev–Trinajstić information content (AvgIpc) is 2.61. The Morgan fingerprint density at radius 1 is 1.19 bits per heavy atom. The molecule has 0 amide bonds. The van der Waals surface area contributed by atoms with Gasteiger partial charge in [-0.05, 0) is 31.5 Å². The van der Waals surface area contributed by atoms with Crippen molar-refractivity contribution >= 4 is 18.2 Å². The molecule has 0 radical (unpaired) electrons. The highest BCUT2D eigenvalue weighted by Gasteiger charge is 2.12. The molecule has 0 saturated heterocycles. The lowest BCUT2D eigenvalue weighted by molar-refractivity contribution is 0.632. The Morgan fingerprint density at radius 3 is 2.31 bits per heavy atom. The van der Waals surface area contributed by atoms with Gasteiger partial charge in [-0.15, -0.1) is 5.10 Å². The largest absolute Gasteiger partial charge is 0.341 e. The number of hydrogen-bond donors (Lipinski definition) is 1. The summed E-state index contributed by atoms with van der Waals surface area (Å²) in [6.07, 6.45) is 3.34. The summed E-state index contributed by atoms with van der Waals surface area (Å²) < 4.78 is 2.83. The van der Waals surface area contributed by atoms with Crippen molar-refractivity contribution in [3.8, 4) is 0 Å². The summed E-state index contributed by atoms with van der Waals surface area (Å²) in [5.74, 6) is 0.996. The van der Waals surface area contributed by atoms with E-state index < -0.39 is 0 Å². The number of aromatic amines is 1. The standard InChI is InChI=1S/C11H22N4S/c1-4-7-14(8-5-2)10-12-13-11(16)15(10)9-6-3/h4-9H2,1-3H3,(H,13,16). The number of nitrogens with zero attached hydrogens (tertiary/aromatic N) is 3. The summed E-state index contributed by atoms with van der Waals surface area (Å²) in [4.78, 5) is 2.31. The van der Waals surface area contributed by atoms with Gasteiger partial charge >= 0.3 is 0 Å². The predicted octanol–water partition coefficient (Wildman–Crippen LogP) is 2.98. The van der Waals surface area contributed by atoms with Gasteiger partial charge in [0.05, 0.1) is 0 Å². The smallest absolute Gasteiger partial charge is 0.225 e. The second-order valence-electron chi connectivity index (χ2n) is 3.97. The summed E-state index contributed by atoms with van der Waals surface area (Å²) in [5.41, 5.74) is 0. The Labute approximate surface area is 103 Å². The minimum Gasteiger partial charge on any atom is -0.341 e. The molecule has 1 aromatic rings. The zero-order valence-electron chi connectivity index (χ0n) is 10.5. The van der Waals surface area contributed by atoms with Crippen LogP contribution in [-0.4, -0.2) is 27.9 Å². The normalized spacial score (nSPS) is 10.7. The zero-order valence-corrected chi connectivity index (χ0v) is 11.3. The molecule has 16 heavy (non-hydrogen) atoms. The van der Waals surface area contributed by atoms with Crippen LogP contribution >= 0.6 is 12.2 Å². The molecule has 0 aromatic carbocycles. The Bertz CT molecular complexity index is 349. The van der Waals surface area contributed by atoms with Crippen LogP contribution in [0.25, 0.3) is 0 Å². The minimum absolute atomic E-state index is 0.731. The van der Waals surface area contributed by atoms with E-state index >= 15 is 0 Å². The zero-order chi connectivity index (χ0) is 12.0. The first-order valence-electron chi connectivity index (χ1n) is 6.14. The highest BCUT2D eigenvalue weighted by molar-refractivity contribution is 7.71. The van der Waals surface area contributed by atoms with E-state index in [2.05, 4.69) is 40.4 Å². The molecule has 0 saturated carbocycles. The van der Waals surface area contributed by atoms with E-state index in [4.69, 9.17) is 12.2 Å². The predicted molar refractivity (Wildman–Crippen MR) is 70.5 cm³/mol. The number of hydrogen-bond acceptors (Lipinski definition) is 3. The second kappa shape index (κ2) is 6.68. The van der Waals surface area contributed by atoms with Gasteiger partial charge in [0.25, 0.3) is 0 Å². The Balaban J connectivity index is 2.93. The number of anilines is 1. The van der Waals surface area contributed by atoms with E-state index in [0.29, 0.717) is 0 Å². The van der Waals surface area contributed by atoms with Gasteiger partial charge in [-0.25, -0.2) is 5.10 Å². The van der Waals surface area contributed by atoms with Gasteiger partial charge < -0.3 is 4.90 Å². The molecule has 0 aliphatic heterocycles. The van der Waals surface area contributed by atoms with Crippen molar-refractivity contribution in [2.75, 3.05) is 18.0 Å². The van der Waals surface area contributed by atoms with Crippen molar-refractivity contribution < 1.29 is 0 Å². The van der Waals surface area contributed by atoms with E-state index in [-0.39, 0.29) is 0 Å². The molecule has 4 nitrogen and oxygen atoms in total. The molecule has 1 N–H and O–H groups in total. The molecule has 0 bridgehead atoms. The maximum Gasteiger partial charge on any atom is 0.225 e. The Morgan fingerprint density at radius 2 is 1.81 bits per heavy atom. The Hall–Kier alpha value is -0.840. The second-order valence-corrected chi connectivity index (χ2v) is 4.35. The monoisotopic (exact) mass is 242 g/mol. The van der Waals surface area contributed by atoms with Crippen LogP contribution in [0.1, 0.15) is 40.0 Å². The third-order valence-electron chi connectivity index (χ3n) is 2.46. The lowest BCUT2D eigenvalue weighted by Crippen LogP contribution is -2.28. The molecule has 5 heteroatoms. The number of H-pyrrole nitrogens is 1. The van der Waals surface area contributed by atoms with E-state index in [1.54, 1.807) is 0 Å². The van der Waals surface area contributed by atoms with Crippen LogP contribution in [0.2, 0.25) is 0 Å². The molecule has 0 atom stereocenters. The minimum atomic E-state index is 0.731. The van der Waals surface area contributed by atoms with Gasteiger partial charge in [0.2, 0.25) is 5.95 Å². The molecule has 1 aromatic heterocycles. The lowest BCUT2D eigenvalue weighted by atomic mass is 10.3. The van der Waals surface area contributed by atoms with Gasteiger partial charge in [0.15, 0.2) is 4.77 Å². The summed E-state index contributed by atoms with van der Waals surface area (Å²) in [7, 11) is 0. The van der Waals surface area contributed by atoms with Gasteiger partial charge in [-0.1, -0.05) is 20.8 Å². The van der Waals surface area contributed by atoms with Gasteiger partial charge in [-0.2, -0.15) is 0 Å². The van der Waals surface area contributed by atoms with E-state index in [1.807, 2.05) is 0 Å². The molecule has 92 valence electrons. The number of nitrogens with one attached hydrogen (secondary N) is 1. The van der Waals surface area contributed by atoms with Crippen molar-refractivity contribution in [2.24, 2.45) is 0 Å². The van der Waals surface area contributed by atoms with Crippen LogP contribution in [0.4, 0.5) is 5.95 Å². The quantitative estimate of drug-likeness (QED) is 0.747. The summed E-state index contributed by atoms with van der Waals surface area (Å²) in [6, 6.07) is 0. The SMILES string of the molecule is CCCN(CCC)c1n[nH]c(=S)n1CCC. The Kier molecular flexibility index (Phi) is 5.52. The van der Waals surface area contributed by atoms with Crippen LogP contribution in [0.3, 0.4) is 0 Å². The number of rotatable bonds is 7. The van der Waals surface area contributed by atoms with E-state index in [1.165, 1.54) is 0 Å². The molecule has 0 fully saturated rings. The van der Waals surface area contributed by atoms with Gasteiger partial charge in [0.1, 0.15) is 0 Å². The fourth-order valence-corrected chi connectivity index (χ4v) is 2.05. The van der Waals surface area contributed by atoms with Crippen LogP contribution in [-0.2, 0) is 6.54 Å². The molecule has 0 spiro atoms. The van der Waals surface area contributed by atoms with Crippen molar-refractivity contribution in [1.29, 1.82) is 0 Å². The molecular formula is C11H22N4S. The molecule has 0 aliphatic carbocycles. The summed E-state index contributed by atoms with van der Waals surface area (Å²) >= 11 is 5.24. The molecule has 1 heterocycles. The van der Waals surface area contributed by atoms with Crippen LogP contribution < -0.4 is 4.90 Å². The van der Waals surface area contributed by atoms with Crippen LogP contribution in [0, 0.1) is 4.77 Å². The van der Waals surface area contributed by atoms with Gasteiger partial charge in [-0.3, -0.25) is 4.57 Å². The van der Waals surface area contributed by atoms with Crippen LogP contribution in [0.5, 0.6) is 0 Å². The molecule has 0 aliphatic rings. The maximum atomic E-state index is 5.24. The first kappa shape index (κ1) is 13.2. The first-order valence-corrected chi connectivity index (χ1v) is 6.55. The highest BCUT2D eigenvalue weighted by atomic mass is 32.1. The van der Waals surface area contributed by atoms with Crippen molar-refractivity contribution in [3.05, 3.63) is 4.77 Å². The third kappa shape index (κ3) is 3.07. The highest BCUT2D eigenvalue weighted by Crippen LogP contribution is 2.13. The average molecular weight is 242 g/mol. The van der Waals surface area contributed by atoms with Crippen molar-refractivity contribution in [1.82, 2.24) is 14.8 Å². The van der Waals surface area contributed by atoms with E-state index in [9.17, 15) is 0 Å². The van der Waals surface area contributed by atoms with Crippen molar-refractivity contribution in [3.63, 3.8) is 0 Å². The van der Waals surface area contributed by atoms with Gasteiger partial charge in [0, 0.05) is 19.6 Å². The maximum absolute atomic E-state index is 5.24. The topological polar surface area (TPSA) is 36.9 Å². The first-order chi connectivity index (χ1) is 7.74. The van der Waals surface area contributed by atoms with Crippen molar-refractivity contribution in [2.45, 2.75) is 46.6 Å². The molecule has 0 unspecified atom stereocenters. The molecular weight excluding hydrogens is 220 g/mol. The van der Waals surface area contributed by atoms with Crippen LogP contribution in [0.15, 0.2) is 0 Å². The van der Waals surface area contributed by atoms with E-state index in [0.717, 1.165) is 49.6 Å². The summed E-state index contributed by atoms with van der Waals surface area (Å²) in [5, 5.41) is 7.24. The fraction of sp³-hybridized carbons (Fsp3) is 0.818.